The maximum absolute atomic E-state index is 13.4. The van der Waals surface area contributed by atoms with E-state index in [9.17, 15) is 13.2 Å². The van der Waals surface area contributed by atoms with Crippen molar-refractivity contribution in [2.24, 2.45) is 0 Å². The highest BCUT2D eigenvalue weighted by atomic mass is 32.2. The summed E-state index contributed by atoms with van der Waals surface area (Å²) in [5.74, 6) is 0.0941. The third kappa shape index (κ3) is 5.29. The van der Waals surface area contributed by atoms with Crippen molar-refractivity contribution in [3.05, 3.63) is 54.6 Å². The van der Waals surface area contributed by atoms with Crippen LogP contribution < -0.4 is 14.4 Å². The number of carbonyl (C=O) groups is 1. The van der Waals surface area contributed by atoms with Crippen LogP contribution in [0.1, 0.15) is 38.5 Å². The van der Waals surface area contributed by atoms with Gasteiger partial charge in [-0.05, 0) is 37.1 Å². The highest BCUT2D eigenvalue weighted by Gasteiger charge is 2.29. The number of rotatable bonds is 7. The Balaban J connectivity index is 1.90. The van der Waals surface area contributed by atoms with Crippen LogP contribution in [0.2, 0.25) is 0 Å². The Hall–Kier alpha value is -2.54. The van der Waals surface area contributed by atoms with Crippen molar-refractivity contribution in [3.8, 4) is 5.75 Å². The molecule has 29 heavy (non-hydrogen) atoms. The van der Waals surface area contributed by atoms with Gasteiger partial charge in [0.15, 0.2) is 0 Å². The lowest BCUT2D eigenvalue weighted by molar-refractivity contribution is -0.120. The van der Waals surface area contributed by atoms with Gasteiger partial charge in [-0.25, -0.2) is 8.42 Å². The first-order valence-corrected chi connectivity index (χ1v) is 11.5. The molecule has 2 aromatic carbocycles. The lowest BCUT2D eigenvalue weighted by atomic mass is 10.1. The molecular formula is C22H28N2O4S. The summed E-state index contributed by atoms with van der Waals surface area (Å²) in [5.41, 5.74) is 0.342. The molecule has 0 saturated heterocycles. The molecule has 0 spiro atoms. The van der Waals surface area contributed by atoms with Crippen LogP contribution in [-0.4, -0.2) is 34.0 Å². The summed E-state index contributed by atoms with van der Waals surface area (Å²) in [4.78, 5) is 13.0. The van der Waals surface area contributed by atoms with Crippen LogP contribution in [0.4, 0.5) is 5.69 Å². The zero-order chi connectivity index (χ0) is 20.7. The molecule has 0 heterocycles. The van der Waals surface area contributed by atoms with Crippen molar-refractivity contribution in [1.29, 1.82) is 0 Å². The van der Waals surface area contributed by atoms with Gasteiger partial charge in [-0.1, -0.05) is 56.0 Å². The maximum Gasteiger partial charge on any atom is 0.264 e. The fourth-order valence-corrected chi connectivity index (χ4v) is 5.14. The SMILES string of the molecule is COc1ccccc1N(CC(=O)NC1CCCCCC1)S(=O)(=O)c1ccccc1. The fraction of sp³-hybridized carbons (Fsp3) is 0.409. The van der Waals surface area contributed by atoms with E-state index in [0.29, 0.717) is 11.4 Å². The van der Waals surface area contributed by atoms with Gasteiger partial charge in [-0.2, -0.15) is 0 Å². The van der Waals surface area contributed by atoms with Gasteiger partial charge >= 0.3 is 0 Å². The summed E-state index contributed by atoms with van der Waals surface area (Å²) >= 11 is 0. The second-order valence-electron chi connectivity index (χ2n) is 7.25. The maximum atomic E-state index is 13.4. The molecule has 0 bridgehead atoms. The predicted octanol–water partition coefficient (Wildman–Crippen LogP) is 3.73. The van der Waals surface area contributed by atoms with E-state index in [1.54, 1.807) is 42.5 Å². The molecule has 2 aromatic rings. The Labute approximate surface area is 172 Å². The largest absolute Gasteiger partial charge is 0.495 e. The van der Waals surface area contributed by atoms with Crippen LogP contribution in [0.15, 0.2) is 59.5 Å². The smallest absolute Gasteiger partial charge is 0.264 e. The number of methoxy groups -OCH3 is 1. The standard InChI is InChI=1S/C22H28N2O4S/c1-28-21-16-10-9-15-20(21)24(29(26,27)19-13-7-4-8-14-19)17-22(25)23-18-11-5-2-3-6-12-18/h4,7-10,13-16,18H,2-3,5-6,11-12,17H2,1H3,(H,23,25). The van der Waals surface area contributed by atoms with Gasteiger partial charge in [-0.15, -0.1) is 0 Å². The topological polar surface area (TPSA) is 75.7 Å². The minimum absolute atomic E-state index is 0.101. The van der Waals surface area contributed by atoms with Gasteiger partial charge < -0.3 is 10.1 Å². The van der Waals surface area contributed by atoms with Gasteiger partial charge in [0, 0.05) is 6.04 Å². The molecule has 7 heteroatoms. The van der Waals surface area contributed by atoms with Crippen LogP contribution in [0.3, 0.4) is 0 Å². The first kappa shape index (κ1) is 21.2. The molecule has 1 fully saturated rings. The molecule has 156 valence electrons. The molecule has 1 N–H and O–H groups in total. The van der Waals surface area contributed by atoms with Crippen LogP contribution in [-0.2, 0) is 14.8 Å². The first-order valence-electron chi connectivity index (χ1n) is 10.0. The monoisotopic (exact) mass is 416 g/mol. The second-order valence-corrected chi connectivity index (χ2v) is 9.11. The third-order valence-electron chi connectivity index (χ3n) is 5.19. The molecule has 1 aliphatic carbocycles. The Morgan fingerprint density at radius 3 is 2.28 bits per heavy atom. The Bertz CT molecular complexity index is 907. The van der Waals surface area contributed by atoms with Crippen molar-refractivity contribution in [3.63, 3.8) is 0 Å². The zero-order valence-electron chi connectivity index (χ0n) is 16.7. The molecule has 6 nitrogen and oxygen atoms in total. The number of hydrogen-bond acceptors (Lipinski definition) is 4. The number of carbonyl (C=O) groups excluding carboxylic acids is 1. The number of sulfonamides is 1. The summed E-state index contributed by atoms with van der Waals surface area (Å²) in [6.45, 7) is -0.298. The quantitative estimate of drug-likeness (QED) is 0.698. The molecule has 1 aliphatic rings. The molecule has 0 aromatic heterocycles. The van der Waals surface area contributed by atoms with Crippen LogP contribution in [0, 0.1) is 0 Å². The predicted molar refractivity (Wildman–Crippen MR) is 114 cm³/mol. The van der Waals surface area contributed by atoms with Crippen molar-refractivity contribution < 1.29 is 17.9 Å². The molecule has 1 saturated carbocycles. The van der Waals surface area contributed by atoms with Crippen molar-refractivity contribution >= 4 is 21.6 Å². The summed E-state index contributed by atoms with van der Waals surface area (Å²) in [5, 5.41) is 3.03. The van der Waals surface area contributed by atoms with Crippen LogP contribution >= 0.6 is 0 Å². The fourth-order valence-electron chi connectivity index (χ4n) is 3.68. The molecule has 0 unspecified atom stereocenters. The van der Waals surface area contributed by atoms with E-state index in [2.05, 4.69) is 5.32 Å². The van der Waals surface area contributed by atoms with Crippen molar-refractivity contribution in [2.45, 2.75) is 49.5 Å². The number of hydrogen-bond donors (Lipinski definition) is 1. The molecule has 0 atom stereocenters. The Morgan fingerprint density at radius 2 is 1.62 bits per heavy atom. The molecular weight excluding hydrogens is 388 g/mol. The second kappa shape index (κ2) is 9.78. The van der Waals surface area contributed by atoms with E-state index in [-0.39, 0.29) is 23.4 Å². The van der Waals surface area contributed by atoms with E-state index in [1.165, 1.54) is 32.1 Å². The third-order valence-corrected chi connectivity index (χ3v) is 6.97. The number of nitrogens with zero attached hydrogens (tertiary/aromatic N) is 1. The summed E-state index contributed by atoms with van der Waals surface area (Å²) in [6, 6.07) is 15.1. The number of benzene rings is 2. The lowest BCUT2D eigenvalue weighted by Crippen LogP contribution is -2.44. The molecule has 0 radical (unpaired) electrons. The number of amides is 1. The number of nitrogens with one attached hydrogen (secondary N) is 1. The van der Waals surface area contributed by atoms with Gasteiger partial charge in [0.1, 0.15) is 12.3 Å². The number of para-hydroxylation sites is 2. The molecule has 1 amide bonds. The minimum Gasteiger partial charge on any atom is -0.495 e. The van der Waals surface area contributed by atoms with E-state index in [0.717, 1.165) is 30.0 Å². The average Bonchev–Trinajstić information content (AvgIpc) is 3.01. The highest BCUT2D eigenvalue weighted by Crippen LogP contribution is 2.32. The first-order chi connectivity index (χ1) is 14.0. The van der Waals surface area contributed by atoms with E-state index < -0.39 is 10.0 Å². The number of ether oxygens (including phenoxy) is 1. The van der Waals surface area contributed by atoms with E-state index in [4.69, 9.17) is 4.74 Å². The minimum atomic E-state index is -3.94. The summed E-state index contributed by atoms with van der Waals surface area (Å²) < 4.78 is 33.2. The van der Waals surface area contributed by atoms with E-state index >= 15 is 0 Å². The average molecular weight is 417 g/mol. The highest BCUT2D eigenvalue weighted by molar-refractivity contribution is 7.92. The van der Waals surface area contributed by atoms with Gasteiger partial charge in [0.05, 0.1) is 17.7 Å². The van der Waals surface area contributed by atoms with E-state index in [1.807, 2.05) is 0 Å². The zero-order valence-corrected chi connectivity index (χ0v) is 17.5. The van der Waals surface area contributed by atoms with Gasteiger partial charge in [0.25, 0.3) is 10.0 Å². The number of anilines is 1. The summed E-state index contributed by atoms with van der Waals surface area (Å²) in [6.07, 6.45) is 6.41. The Kier molecular flexibility index (Phi) is 7.14. The van der Waals surface area contributed by atoms with Crippen LogP contribution in [0.5, 0.6) is 5.75 Å². The Morgan fingerprint density at radius 1 is 1.00 bits per heavy atom. The van der Waals surface area contributed by atoms with Crippen molar-refractivity contribution in [1.82, 2.24) is 5.32 Å². The molecule has 3 rings (SSSR count). The van der Waals surface area contributed by atoms with Crippen LogP contribution in [0.25, 0.3) is 0 Å². The summed E-state index contributed by atoms with van der Waals surface area (Å²) in [7, 11) is -2.45. The van der Waals surface area contributed by atoms with Gasteiger partial charge in [0.2, 0.25) is 5.91 Å². The van der Waals surface area contributed by atoms with Gasteiger partial charge in [-0.3, -0.25) is 9.10 Å². The van der Waals surface area contributed by atoms with Crippen molar-refractivity contribution in [2.75, 3.05) is 18.0 Å². The normalized spacial score (nSPS) is 15.3. The molecule has 0 aliphatic heterocycles. The lowest BCUT2D eigenvalue weighted by Gasteiger charge is -2.26.